The Morgan fingerprint density at radius 2 is 1.96 bits per heavy atom. The zero-order valence-electron chi connectivity index (χ0n) is 29.0. The molecule has 2 fully saturated rings. The Labute approximate surface area is 283 Å². The smallest absolute Gasteiger partial charge is 0.409 e. The number of carbonyl (C=O) groups excluding carboxylic acids is 3. The van der Waals surface area contributed by atoms with E-state index in [1.807, 2.05) is 32.1 Å². The maximum absolute atomic E-state index is 14.0. The van der Waals surface area contributed by atoms with Gasteiger partial charge in [0.1, 0.15) is 29.0 Å². The number of halogens is 1. The first-order valence-corrected chi connectivity index (χ1v) is 16.5. The van der Waals surface area contributed by atoms with Gasteiger partial charge in [0.25, 0.3) is 0 Å². The number of carbonyl (C=O) groups is 3. The van der Waals surface area contributed by atoms with Crippen molar-refractivity contribution in [1.29, 1.82) is 0 Å². The molecule has 2 amide bonds. The Hall–Kier alpha value is -3.12. The van der Waals surface area contributed by atoms with Gasteiger partial charge in [-0.2, -0.15) is 0 Å². The van der Waals surface area contributed by atoms with Crippen molar-refractivity contribution < 1.29 is 38.4 Å². The fourth-order valence-corrected chi connectivity index (χ4v) is 7.21. The van der Waals surface area contributed by atoms with E-state index in [0.29, 0.717) is 22.9 Å². The molecule has 2 N–H and O–H groups in total. The number of likely N-dealkylation sites (N-methyl/N-ethyl adjacent to an activating group) is 1. The lowest BCUT2D eigenvalue weighted by Crippen LogP contribution is -2.63. The van der Waals surface area contributed by atoms with Crippen molar-refractivity contribution in [3.8, 4) is 5.75 Å². The highest BCUT2D eigenvalue weighted by molar-refractivity contribution is 6.35. The van der Waals surface area contributed by atoms with Crippen LogP contribution in [-0.4, -0.2) is 93.9 Å². The average Bonchev–Trinajstić information content (AvgIpc) is 3.71. The number of methoxy groups -OCH3 is 2. The Morgan fingerprint density at radius 1 is 1.26 bits per heavy atom. The number of anilines is 1. The van der Waals surface area contributed by atoms with Gasteiger partial charge < -0.3 is 29.0 Å². The van der Waals surface area contributed by atoms with Gasteiger partial charge >= 0.3 is 12.1 Å². The molecule has 0 spiro atoms. The number of hydrogen-bond donors (Lipinski definition) is 2. The third kappa shape index (κ3) is 7.96. The number of nitrogens with one attached hydrogen (secondary N) is 1. The molecule has 1 aromatic rings. The summed E-state index contributed by atoms with van der Waals surface area (Å²) in [6.07, 6.45) is 4.66. The highest BCUT2D eigenvalue weighted by atomic mass is 35.5. The number of nitrogens with zero attached hydrogens (tertiary/aromatic N) is 2. The molecule has 2 heterocycles. The van der Waals surface area contributed by atoms with Crippen molar-refractivity contribution in [2.75, 3.05) is 46.9 Å². The zero-order valence-corrected chi connectivity index (χ0v) is 29.7. The van der Waals surface area contributed by atoms with Gasteiger partial charge in [0.2, 0.25) is 5.91 Å². The Balaban J connectivity index is 1.77. The lowest BCUT2D eigenvalue weighted by atomic mass is 9.80. The lowest BCUT2D eigenvalue weighted by molar-refractivity contribution is -0.152. The SMILES string of the molecule is COc1cc2cc(c1Cl)N(C)C(=O)C[C@H](COC(=O)[C@H](C)N(C)C)[C@]1(C)C[C@@H]1[C@H](C)C1C[C@@](O)(NC(=O)O1)[C@H](OC)/C=C/C=C(\C)C2. The number of benzene rings is 1. The Kier molecular flexibility index (Phi) is 11.4. The molecule has 2 aliphatic heterocycles. The Morgan fingerprint density at radius 3 is 2.60 bits per heavy atom. The average molecular weight is 676 g/mol. The molecule has 0 radical (unpaired) electrons. The Bertz CT molecular complexity index is 1420. The summed E-state index contributed by atoms with van der Waals surface area (Å²) in [6, 6.07) is 3.27. The van der Waals surface area contributed by atoms with Crippen LogP contribution in [0.2, 0.25) is 5.02 Å². The van der Waals surface area contributed by atoms with Crippen LogP contribution in [0.3, 0.4) is 0 Å². The number of aliphatic hydroxyl groups is 1. The van der Waals surface area contributed by atoms with Gasteiger partial charge in [-0.15, -0.1) is 0 Å². The normalized spacial score (nSPS) is 33.9. The van der Waals surface area contributed by atoms with Gasteiger partial charge in [0, 0.05) is 32.9 Å². The second-order valence-electron chi connectivity index (χ2n) is 13.9. The number of esters is 1. The van der Waals surface area contributed by atoms with Crippen LogP contribution in [0.1, 0.15) is 52.5 Å². The molecule has 1 saturated heterocycles. The van der Waals surface area contributed by atoms with E-state index >= 15 is 0 Å². The van der Waals surface area contributed by atoms with Crippen molar-refractivity contribution in [3.63, 3.8) is 0 Å². The van der Waals surface area contributed by atoms with E-state index in [9.17, 15) is 19.5 Å². The number of ether oxygens (including phenoxy) is 4. The van der Waals surface area contributed by atoms with Crippen LogP contribution in [0.25, 0.3) is 0 Å². The maximum Gasteiger partial charge on any atom is 0.409 e. The van der Waals surface area contributed by atoms with E-state index in [0.717, 1.165) is 17.6 Å². The molecule has 12 heteroatoms. The monoisotopic (exact) mass is 675 g/mol. The molecule has 260 valence electrons. The summed E-state index contributed by atoms with van der Waals surface area (Å²) in [5.74, 6) is -0.613. The number of alkyl carbamates (subject to hydrolysis) is 1. The standard InChI is InChI=1S/C35H50ClN3O8/c1-20-11-10-12-29(45-9)35(43)18-28(47-33(42)37-35)21(2)25-17-34(25,4)24(19-46-32(41)22(3)38(5)6)16-30(40)39(7)26-14-23(13-20)15-27(44-8)31(26)36/h10-12,14-15,21-22,24-25,28-29,43H,13,16-19H2,1-9H3,(H,37,42)/b12-10+,20-11+/t21-,22-,24+,25+,28?,29+,34-,35-/m0/s1. The first-order chi connectivity index (χ1) is 22.0. The van der Waals surface area contributed by atoms with Gasteiger partial charge in [-0.1, -0.05) is 49.2 Å². The van der Waals surface area contributed by atoms with Crippen molar-refractivity contribution >= 4 is 35.3 Å². The summed E-state index contributed by atoms with van der Waals surface area (Å²) in [5, 5.41) is 14.6. The summed E-state index contributed by atoms with van der Waals surface area (Å²) < 4.78 is 22.8. The molecular formula is C35H50ClN3O8. The lowest BCUT2D eigenvalue weighted by Gasteiger charge is -2.42. The van der Waals surface area contributed by atoms with Crippen molar-refractivity contribution in [2.45, 2.75) is 77.4 Å². The molecule has 4 rings (SSSR count). The quantitative estimate of drug-likeness (QED) is 0.412. The van der Waals surface area contributed by atoms with Crippen LogP contribution in [0, 0.1) is 23.2 Å². The summed E-state index contributed by atoms with van der Waals surface area (Å²) in [6.45, 7) is 7.85. The van der Waals surface area contributed by atoms with Crippen LogP contribution in [0.15, 0.2) is 35.9 Å². The van der Waals surface area contributed by atoms with Crippen molar-refractivity contribution in [3.05, 3.63) is 46.5 Å². The fraction of sp³-hybridized carbons (Fsp3) is 0.629. The van der Waals surface area contributed by atoms with Crippen LogP contribution in [0.4, 0.5) is 10.5 Å². The van der Waals surface area contributed by atoms with E-state index in [1.165, 1.54) is 14.2 Å². The number of hydrogen-bond acceptors (Lipinski definition) is 9. The van der Waals surface area contributed by atoms with E-state index in [1.54, 1.807) is 50.0 Å². The van der Waals surface area contributed by atoms with Crippen molar-refractivity contribution in [2.24, 2.45) is 23.2 Å². The van der Waals surface area contributed by atoms with Crippen molar-refractivity contribution in [1.82, 2.24) is 10.2 Å². The van der Waals surface area contributed by atoms with Gasteiger partial charge in [0.05, 0.1) is 19.4 Å². The van der Waals surface area contributed by atoms with Crippen LogP contribution >= 0.6 is 11.6 Å². The maximum atomic E-state index is 14.0. The minimum absolute atomic E-state index is 0.0203. The highest BCUT2D eigenvalue weighted by Crippen LogP contribution is 2.63. The number of amides is 2. The van der Waals surface area contributed by atoms with Crippen LogP contribution < -0.4 is 15.0 Å². The second-order valence-corrected chi connectivity index (χ2v) is 14.2. The van der Waals surface area contributed by atoms with Crippen LogP contribution in [-0.2, 0) is 30.2 Å². The topological polar surface area (TPSA) is 127 Å². The largest absolute Gasteiger partial charge is 0.495 e. The number of fused-ring (bicyclic) bond motifs is 5. The molecule has 1 aromatic carbocycles. The van der Waals surface area contributed by atoms with E-state index in [4.69, 9.17) is 30.5 Å². The predicted molar refractivity (Wildman–Crippen MR) is 179 cm³/mol. The molecule has 0 aromatic heterocycles. The summed E-state index contributed by atoms with van der Waals surface area (Å²) in [7, 11) is 8.31. The molecule has 1 aliphatic carbocycles. The predicted octanol–water partition coefficient (Wildman–Crippen LogP) is 4.73. The molecular weight excluding hydrogens is 626 g/mol. The molecule has 8 atom stereocenters. The second kappa shape index (κ2) is 14.6. The molecule has 47 heavy (non-hydrogen) atoms. The molecule has 11 nitrogen and oxygen atoms in total. The minimum Gasteiger partial charge on any atom is -0.495 e. The zero-order chi connectivity index (χ0) is 34.8. The first-order valence-electron chi connectivity index (χ1n) is 16.1. The first kappa shape index (κ1) is 36.7. The summed E-state index contributed by atoms with van der Waals surface area (Å²) in [5.41, 5.74) is 0.261. The molecule has 1 unspecified atom stereocenters. The highest BCUT2D eigenvalue weighted by Gasteiger charge is 2.60. The van der Waals surface area contributed by atoms with E-state index < -0.39 is 35.5 Å². The van der Waals surface area contributed by atoms with Gasteiger partial charge in [-0.25, -0.2) is 4.79 Å². The number of rotatable bonds is 6. The minimum atomic E-state index is -1.70. The summed E-state index contributed by atoms with van der Waals surface area (Å²) in [4.78, 5) is 43.0. The van der Waals surface area contributed by atoms with Crippen LogP contribution in [0.5, 0.6) is 5.75 Å². The van der Waals surface area contributed by atoms with Gasteiger partial charge in [-0.3, -0.25) is 19.8 Å². The molecule has 1 saturated carbocycles. The number of allylic oxidation sites excluding steroid dienone is 3. The fourth-order valence-electron chi connectivity index (χ4n) is 6.90. The van der Waals surface area contributed by atoms with E-state index in [-0.39, 0.29) is 49.1 Å². The van der Waals surface area contributed by atoms with Gasteiger partial charge in [0.15, 0.2) is 5.72 Å². The summed E-state index contributed by atoms with van der Waals surface area (Å²) >= 11 is 6.76. The molecule has 4 bridgehead atoms. The molecule has 3 aliphatic rings. The third-order valence-electron chi connectivity index (χ3n) is 10.5. The van der Waals surface area contributed by atoms with Gasteiger partial charge in [-0.05, 0) is 75.7 Å². The van der Waals surface area contributed by atoms with E-state index in [2.05, 4.69) is 12.2 Å². The third-order valence-corrected chi connectivity index (χ3v) is 10.8.